The van der Waals surface area contributed by atoms with Gasteiger partial charge in [0.2, 0.25) is 5.82 Å². The molecular formula is C19H22N5O2+. The van der Waals surface area contributed by atoms with Gasteiger partial charge in [-0.15, -0.1) is 10.2 Å². The topological polar surface area (TPSA) is 73.8 Å². The molecule has 2 aromatic heterocycles. The monoisotopic (exact) mass is 352 g/mol. The van der Waals surface area contributed by atoms with Crippen LogP contribution in [0.5, 0.6) is 0 Å². The van der Waals surface area contributed by atoms with Gasteiger partial charge >= 0.3 is 5.97 Å². The molecule has 7 nitrogen and oxygen atoms in total. The predicted octanol–water partition coefficient (Wildman–Crippen LogP) is 1.80. The van der Waals surface area contributed by atoms with Crippen LogP contribution in [0.2, 0.25) is 0 Å². The smallest absolute Gasteiger partial charge is 0.310 e. The number of hydrogen-bond acceptors (Lipinski definition) is 5. The van der Waals surface area contributed by atoms with Gasteiger partial charge in [0.25, 0.3) is 0 Å². The van der Waals surface area contributed by atoms with E-state index in [1.165, 1.54) is 5.56 Å². The second kappa shape index (κ2) is 8.33. The third-order valence-electron chi connectivity index (χ3n) is 3.93. The number of tetrazole rings is 1. The van der Waals surface area contributed by atoms with Crippen LogP contribution in [0.25, 0.3) is 11.4 Å². The average molecular weight is 352 g/mol. The van der Waals surface area contributed by atoms with Crippen molar-refractivity contribution in [2.24, 2.45) is 0 Å². The Labute approximate surface area is 152 Å². The minimum absolute atomic E-state index is 0.200. The van der Waals surface area contributed by atoms with Gasteiger partial charge in [-0.1, -0.05) is 24.3 Å². The fourth-order valence-corrected chi connectivity index (χ4v) is 2.55. The van der Waals surface area contributed by atoms with Crippen LogP contribution in [-0.4, -0.2) is 32.8 Å². The van der Waals surface area contributed by atoms with Gasteiger partial charge in [0, 0.05) is 23.3 Å². The molecule has 134 valence electrons. The van der Waals surface area contributed by atoms with Gasteiger partial charge in [-0.25, -0.2) is 4.57 Å². The second-order valence-electron chi connectivity index (χ2n) is 5.86. The summed E-state index contributed by atoms with van der Waals surface area (Å²) in [5.41, 5.74) is 3.06. The predicted molar refractivity (Wildman–Crippen MR) is 95.0 cm³/mol. The average Bonchev–Trinajstić information content (AvgIpc) is 3.13. The first-order valence-corrected chi connectivity index (χ1v) is 8.68. The minimum Gasteiger partial charge on any atom is -0.466 e. The first-order chi connectivity index (χ1) is 12.7. The second-order valence-corrected chi connectivity index (χ2v) is 5.86. The third-order valence-corrected chi connectivity index (χ3v) is 3.93. The maximum Gasteiger partial charge on any atom is 0.310 e. The number of pyridine rings is 1. The van der Waals surface area contributed by atoms with Crippen LogP contribution < -0.4 is 4.57 Å². The lowest BCUT2D eigenvalue weighted by Gasteiger charge is -2.02. The number of hydrogen-bond donors (Lipinski definition) is 0. The molecule has 1 aromatic carbocycles. The molecule has 0 N–H and O–H groups in total. The Bertz CT molecular complexity index is 856. The number of carbonyl (C=O) groups is 1. The van der Waals surface area contributed by atoms with E-state index in [-0.39, 0.29) is 5.97 Å². The standard InChI is InChI=1S/C19H22N5O2/c1-3-24-21-19(20-22-24)17-7-5-16(6-8-17)14-23-11-9-15(10-12-23)13-18(25)26-4-2/h5-12H,3-4,13-14H2,1-2H3/q+1. The van der Waals surface area contributed by atoms with Crippen molar-refractivity contribution in [2.45, 2.75) is 33.4 Å². The maximum atomic E-state index is 11.5. The van der Waals surface area contributed by atoms with Crippen LogP contribution in [-0.2, 0) is 29.0 Å². The quantitative estimate of drug-likeness (QED) is 0.479. The van der Waals surface area contributed by atoms with Crippen LogP contribution in [0.15, 0.2) is 48.8 Å². The van der Waals surface area contributed by atoms with Gasteiger partial charge in [0.15, 0.2) is 18.9 Å². The van der Waals surface area contributed by atoms with E-state index < -0.39 is 0 Å². The SMILES string of the molecule is CCOC(=O)Cc1cc[n+](Cc2ccc(-c3nnn(CC)n3)cc2)cc1. The van der Waals surface area contributed by atoms with E-state index >= 15 is 0 Å². The first kappa shape index (κ1) is 17.7. The summed E-state index contributed by atoms with van der Waals surface area (Å²) in [4.78, 5) is 13.1. The summed E-state index contributed by atoms with van der Waals surface area (Å²) >= 11 is 0. The van der Waals surface area contributed by atoms with Crippen molar-refractivity contribution in [3.63, 3.8) is 0 Å². The van der Waals surface area contributed by atoms with Gasteiger partial charge in [-0.2, -0.15) is 4.80 Å². The number of aromatic nitrogens is 5. The molecule has 0 amide bonds. The summed E-state index contributed by atoms with van der Waals surface area (Å²) in [6.45, 7) is 5.64. The molecule has 7 heteroatoms. The molecule has 0 radical (unpaired) electrons. The molecule has 0 fully saturated rings. The Morgan fingerprint density at radius 1 is 1.08 bits per heavy atom. The fourth-order valence-electron chi connectivity index (χ4n) is 2.55. The Morgan fingerprint density at radius 2 is 1.81 bits per heavy atom. The molecule has 0 spiro atoms. The molecule has 0 aliphatic heterocycles. The molecule has 26 heavy (non-hydrogen) atoms. The number of esters is 1. The van der Waals surface area contributed by atoms with E-state index in [9.17, 15) is 4.79 Å². The van der Waals surface area contributed by atoms with Gasteiger partial charge < -0.3 is 4.74 Å². The largest absolute Gasteiger partial charge is 0.466 e. The van der Waals surface area contributed by atoms with Crippen LogP contribution in [0, 0.1) is 0 Å². The van der Waals surface area contributed by atoms with Crippen molar-refractivity contribution in [1.29, 1.82) is 0 Å². The van der Waals surface area contributed by atoms with Gasteiger partial charge in [0.05, 0.1) is 19.6 Å². The fraction of sp³-hybridized carbons (Fsp3) is 0.316. The molecule has 3 aromatic rings. The van der Waals surface area contributed by atoms with Crippen molar-refractivity contribution >= 4 is 5.97 Å². The Kier molecular flexibility index (Phi) is 5.68. The molecule has 0 saturated heterocycles. The molecule has 0 bridgehead atoms. The van der Waals surface area contributed by atoms with Gasteiger partial charge in [-0.3, -0.25) is 4.79 Å². The molecule has 0 aliphatic rings. The Morgan fingerprint density at radius 3 is 2.42 bits per heavy atom. The molecule has 0 atom stereocenters. The number of carbonyl (C=O) groups excluding carboxylic acids is 1. The molecule has 3 rings (SSSR count). The molecule has 0 unspecified atom stereocenters. The van der Waals surface area contributed by atoms with E-state index in [0.29, 0.717) is 25.4 Å². The number of nitrogens with zero attached hydrogens (tertiary/aromatic N) is 5. The van der Waals surface area contributed by atoms with Gasteiger partial charge in [-0.05, 0) is 24.6 Å². The molecule has 2 heterocycles. The molecule has 0 saturated carbocycles. The summed E-state index contributed by atoms with van der Waals surface area (Å²) in [6.07, 6.45) is 4.24. The zero-order chi connectivity index (χ0) is 18.4. The van der Waals surface area contributed by atoms with Crippen molar-refractivity contribution in [3.05, 3.63) is 59.9 Å². The third kappa shape index (κ3) is 4.50. The normalized spacial score (nSPS) is 10.7. The Hall–Kier alpha value is -3.09. The summed E-state index contributed by atoms with van der Waals surface area (Å²) in [7, 11) is 0. The highest BCUT2D eigenvalue weighted by atomic mass is 16.5. The van der Waals surface area contributed by atoms with E-state index in [2.05, 4.69) is 32.1 Å². The summed E-state index contributed by atoms with van der Waals surface area (Å²) in [5, 5.41) is 12.3. The highest BCUT2D eigenvalue weighted by molar-refractivity contribution is 5.72. The van der Waals surface area contributed by atoms with E-state index in [1.54, 1.807) is 4.80 Å². The van der Waals surface area contributed by atoms with E-state index in [1.807, 2.05) is 50.5 Å². The summed E-state index contributed by atoms with van der Waals surface area (Å²) in [6, 6.07) is 12.0. The summed E-state index contributed by atoms with van der Waals surface area (Å²) in [5.74, 6) is 0.434. The van der Waals surface area contributed by atoms with Crippen molar-refractivity contribution < 1.29 is 14.1 Å². The maximum absolute atomic E-state index is 11.5. The lowest BCUT2D eigenvalue weighted by atomic mass is 10.1. The zero-order valence-corrected chi connectivity index (χ0v) is 15.0. The zero-order valence-electron chi connectivity index (χ0n) is 15.0. The summed E-state index contributed by atoms with van der Waals surface area (Å²) < 4.78 is 7.03. The van der Waals surface area contributed by atoms with Crippen LogP contribution in [0.1, 0.15) is 25.0 Å². The van der Waals surface area contributed by atoms with Gasteiger partial charge in [0.1, 0.15) is 0 Å². The Balaban J connectivity index is 1.62. The number of rotatable bonds is 7. The van der Waals surface area contributed by atoms with Crippen molar-refractivity contribution in [2.75, 3.05) is 6.61 Å². The number of ether oxygens (including phenoxy) is 1. The van der Waals surface area contributed by atoms with Crippen molar-refractivity contribution in [1.82, 2.24) is 20.2 Å². The minimum atomic E-state index is -0.200. The number of benzene rings is 1. The lowest BCUT2D eigenvalue weighted by molar-refractivity contribution is -0.688. The first-order valence-electron chi connectivity index (χ1n) is 8.68. The highest BCUT2D eigenvalue weighted by Crippen LogP contribution is 2.14. The van der Waals surface area contributed by atoms with Crippen LogP contribution in [0.3, 0.4) is 0 Å². The van der Waals surface area contributed by atoms with E-state index in [0.717, 1.165) is 17.7 Å². The van der Waals surface area contributed by atoms with Crippen LogP contribution >= 0.6 is 0 Å². The molecule has 0 aliphatic carbocycles. The van der Waals surface area contributed by atoms with Crippen molar-refractivity contribution in [3.8, 4) is 11.4 Å². The number of aryl methyl sites for hydroxylation is 1. The molecular weight excluding hydrogens is 330 g/mol. The van der Waals surface area contributed by atoms with Crippen LogP contribution in [0.4, 0.5) is 0 Å². The highest BCUT2D eigenvalue weighted by Gasteiger charge is 2.09. The lowest BCUT2D eigenvalue weighted by Crippen LogP contribution is -2.33. The van der Waals surface area contributed by atoms with E-state index in [4.69, 9.17) is 4.74 Å².